The molecular weight excluding hydrogens is 318 g/mol. The van der Waals surface area contributed by atoms with E-state index in [1.807, 2.05) is 59.3 Å². The fourth-order valence-corrected chi connectivity index (χ4v) is 2.64. The van der Waals surface area contributed by atoms with Crippen LogP contribution in [0.2, 0.25) is 0 Å². The summed E-state index contributed by atoms with van der Waals surface area (Å²) in [7, 11) is 0. The van der Waals surface area contributed by atoms with Gasteiger partial charge in [-0.1, -0.05) is 36.4 Å². The van der Waals surface area contributed by atoms with Gasteiger partial charge in [0.25, 0.3) is 0 Å². The molecule has 0 aliphatic rings. The zero-order valence-corrected chi connectivity index (χ0v) is 13.0. The molecule has 0 spiro atoms. The van der Waals surface area contributed by atoms with Crippen LogP contribution < -0.4 is 0 Å². The first-order valence-corrected chi connectivity index (χ1v) is 7.55. The van der Waals surface area contributed by atoms with Gasteiger partial charge in [-0.2, -0.15) is 10.3 Å². The molecule has 7 nitrogen and oxygen atoms in total. The summed E-state index contributed by atoms with van der Waals surface area (Å²) in [6, 6.07) is 15.6. The molecule has 0 saturated carbocycles. The van der Waals surface area contributed by atoms with Crippen LogP contribution in [-0.4, -0.2) is 36.0 Å². The Kier molecular flexibility index (Phi) is 3.59. The highest BCUT2D eigenvalue weighted by Crippen LogP contribution is 2.25. The van der Waals surface area contributed by atoms with Crippen LogP contribution in [0.25, 0.3) is 28.1 Å². The number of rotatable bonds is 4. The first kappa shape index (κ1) is 14.8. The van der Waals surface area contributed by atoms with Gasteiger partial charge in [0.15, 0.2) is 5.69 Å². The highest BCUT2D eigenvalue weighted by Gasteiger charge is 2.16. The molecule has 0 bridgehead atoms. The van der Waals surface area contributed by atoms with Crippen LogP contribution in [0.3, 0.4) is 0 Å². The maximum absolute atomic E-state index is 11.1. The fourth-order valence-electron chi connectivity index (χ4n) is 2.64. The van der Waals surface area contributed by atoms with Crippen LogP contribution in [0, 0.1) is 0 Å². The van der Waals surface area contributed by atoms with Gasteiger partial charge in [-0.25, -0.2) is 9.78 Å². The molecular formula is C18H13N5O2. The molecule has 25 heavy (non-hydrogen) atoms. The third-order valence-electron chi connectivity index (χ3n) is 3.91. The van der Waals surface area contributed by atoms with E-state index >= 15 is 0 Å². The second kappa shape index (κ2) is 6.04. The summed E-state index contributed by atoms with van der Waals surface area (Å²) in [5.74, 6) is -1.11. The monoisotopic (exact) mass is 331 g/mol. The van der Waals surface area contributed by atoms with E-state index in [0.717, 1.165) is 16.8 Å². The molecule has 2 heterocycles. The first-order valence-electron chi connectivity index (χ1n) is 7.55. The van der Waals surface area contributed by atoms with E-state index in [-0.39, 0.29) is 5.69 Å². The van der Waals surface area contributed by atoms with E-state index < -0.39 is 5.97 Å². The topological polar surface area (TPSA) is 96.7 Å². The summed E-state index contributed by atoms with van der Waals surface area (Å²) < 4.78 is 1.94. The van der Waals surface area contributed by atoms with Crippen molar-refractivity contribution in [2.45, 2.75) is 0 Å². The zero-order chi connectivity index (χ0) is 17.2. The lowest BCUT2D eigenvalue weighted by atomic mass is 10.0. The Balaban J connectivity index is 1.62. The van der Waals surface area contributed by atoms with E-state index in [9.17, 15) is 4.79 Å². The largest absolute Gasteiger partial charge is 0.476 e. The highest BCUT2D eigenvalue weighted by molar-refractivity contribution is 5.92. The molecule has 2 N–H and O–H groups in total. The van der Waals surface area contributed by atoms with Crippen LogP contribution in [0.1, 0.15) is 10.5 Å². The predicted octanol–water partition coefficient (Wildman–Crippen LogP) is 3.02. The quantitative estimate of drug-likeness (QED) is 0.599. The van der Waals surface area contributed by atoms with Crippen molar-refractivity contribution in [3.05, 3.63) is 72.9 Å². The number of aromatic nitrogens is 5. The smallest absolute Gasteiger partial charge is 0.358 e. The molecule has 0 aliphatic carbocycles. The van der Waals surface area contributed by atoms with E-state index in [4.69, 9.17) is 5.11 Å². The standard InChI is InChI=1S/C18H13N5O2/c24-18(25)17-16(20-22-21-17)14-3-1-12(2-4-14)13-5-7-15(8-6-13)23-10-9-19-11-23/h1-11H,(H,24,25)(H,20,21,22). The molecule has 0 amide bonds. The molecule has 2 aromatic heterocycles. The van der Waals surface area contributed by atoms with E-state index in [1.54, 1.807) is 12.5 Å². The summed E-state index contributed by atoms with van der Waals surface area (Å²) in [6.07, 6.45) is 5.38. The number of nitrogens with zero attached hydrogens (tertiary/aromatic N) is 4. The number of carbonyl (C=O) groups is 1. The number of carboxylic acids is 1. The lowest BCUT2D eigenvalue weighted by Gasteiger charge is -2.06. The van der Waals surface area contributed by atoms with Crippen molar-refractivity contribution in [1.29, 1.82) is 0 Å². The number of carboxylic acid groups (broad SMARTS) is 1. The average molecular weight is 331 g/mol. The van der Waals surface area contributed by atoms with Gasteiger partial charge in [0.05, 0.1) is 6.33 Å². The Labute approximate surface area is 142 Å². The summed E-state index contributed by atoms with van der Waals surface area (Å²) in [4.78, 5) is 15.2. The Hall–Kier alpha value is -3.74. The zero-order valence-electron chi connectivity index (χ0n) is 13.0. The van der Waals surface area contributed by atoms with Crippen LogP contribution in [0.4, 0.5) is 0 Å². The van der Waals surface area contributed by atoms with E-state index in [1.165, 1.54) is 0 Å². The van der Waals surface area contributed by atoms with Gasteiger partial charge in [-0.3, -0.25) is 0 Å². The number of hydrogen-bond donors (Lipinski definition) is 2. The average Bonchev–Trinajstić information content (AvgIpc) is 3.34. The minimum Gasteiger partial charge on any atom is -0.476 e. The number of benzene rings is 2. The second-order valence-electron chi connectivity index (χ2n) is 5.42. The molecule has 0 unspecified atom stereocenters. The minimum atomic E-state index is -1.11. The summed E-state index contributed by atoms with van der Waals surface area (Å²) in [5, 5.41) is 19.1. The Morgan fingerprint density at radius 2 is 1.56 bits per heavy atom. The van der Waals surface area contributed by atoms with Gasteiger partial charge in [-0.15, -0.1) is 5.10 Å². The van der Waals surface area contributed by atoms with Gasteiger partial charge in [0.2, 0.25) is 0 Å². The lowest BCUT2D eigenvalue weighted by molar-refractivity contribution is 0.0691. The van der Waals surface area contributed by atoms with Crippen molar-refractivity contribution in [2.24, 2.45) is 0 Å². The number of aromatic amines is 1. The van der Waals surface area contributed by atoms with Crippen LogP contribution in [0.15, 0.2) is 67.3 Å². The lowest BCUT2D eigenvalue weighted by Crippen LogP contribution is -1.99. The van der Waals surface area contributed by atoms with Crippen molar-refractivity contribution in [1.82, 2.24) is 25.0 Å². The highest BCUT2D eigenvalue weighted by atomic mass is 16.4. The van der Waals surface area contributed by atoms with Crippen molar-refractivity contribution in [3.8, 4) is 28.1 Å². The number of hydrogen-bond acceptors (Lipinski definition) is 4. The molecule has 4 aromatic rings. The summed E-state index contributed by atoms with van der Waals surface area (Å²) in [6.45, 7) is 0. The number of nitrogens with one attached hydrogen (secondary N) is 1. The summed E-state index contributed by atoms with van der Waals surface area (Å²) in [5.41, 5.74) is 4.07. The SMILES string of the molecule is O=C(O)c1n[nH]nc1-c1ccc(-c2ccc(-n3ccnc3)cc2)cc1. The number of aromatic carboxylic acids is 1. The minimum absolute atomic E-state index is 0.0857. The van der Waals surface area contributed by atoms with Gasteiger partial charge in [-0.05, 0) is 23.3 Å². The van der Waals surface area contributed by atoms with E-state index in [0.29, 0.717) is 11.3 Å². The van der Waals surface area contributed by atoms with Crippen molar-refractivity contribution < 1.29 is 9.90 Å². The van der Waals surface area contributed by atoms with Gasteiger partial charge >= 0.3 is 5.97 Å². The summed E-state index contributed by atoms with van der Waals surface area (Å²) >= 11 is 0. The van der Waals surface area contributed by atoms with Crippen molar-refractivity contribution in [3.63, 3.8) is 0 Å². The molecule has 122 valence electrons. The number of imidazole rings is 1. The molecule has 0 radical (unpaired) electrons. The second-order valence-corrected chi connectivity index (χ2v) is 5.42. The number of H-pyrrole nitrogens is 1. The molecule has 4 rings (SSSR count). The van der Waals surface area contributed by atoms with Crippen molar-refractivity contribution in [2.75, 3.05) is 0 Å². The van der Waals surface area contributed by atoms with E-state index in [2.05, 4.69) is 20.4 Å². The Morgan fingerprint density at radius 1 is 0.920 bits per heavy atom. The maximum atomic E-state index is 11.1. The third kappa shape index (κ3) is 2.78. The van der Waals surface area contributed by atoms with Crippen LogP contribution >= 0.6 is 0 Å². The third-order valence-corrected chi connectivity index (χ3v) is 3.91. The Bertz CT molecular complexity index is 1000. The molecule has 7 heteroatoms. The van der Waals surface area contributed by atoms with Crippen LogP contribution in [0.5, 0.6) is 0 Å². The molecule has 0 fully saturated rings. The molecule has 0 atom stereocenters. The predicted molar refractivity (Wildman–Crippen MR) is 91.3 cm³/mol. The molecule has 0 saturated heterocycles. The van der Waals surface area contributed by atoms with Gasteiger partial charge in [0.1, 0.15) is 5.69 Å². The Morgan fingerprint density at radius 3 is 2.16 bits per heavy atom. The normalized spacial score (nSPS) is 10.7. The van der Waals surface area contributed by atoms with Crippen molar-refractivity contribution >= 4 is 5.97 Å². The fraction of sp³-hybridized carbons (Fsp3) is 0. The van der Waals surface area contributed by atoms with Gasteiger partial charge in [0, 0.05) is 23.6 Å². The maximum Gasteiger partial charge on any atom is 0.358 e. The first-order chi connectivity index (χ1) is 12.2. The molecule has 0 aliphatic heterocycles. The van der Waals surface area contributed by atoms with Gasteiger partial charge < -0.3 is 9.67 Å². The van der Waals surface area contributed by atoms with Crippen LogP contribution in [-0.2, 0) is 0 Å². The molecule has 2 aromatic carbocycles.